The monoisotopic (exact) mass is 335 g/mol. The number of hydrogen-bond acceptors (Lipinski definition) is 2. The molecule has 0 saturated carbocycles. The van der Waals surface area contributed by atoms with E-state index in [-0.39, 0.29) is 11.9 Å². The Kier molecular flexibility index (Phi) is 4.60. The van der Waals surface area contributed by atoms with Gasteiger partial charge in [-0.2, -0.15) is 5.10 Å². The molecule has 1 unspecified atom stereocenters. The van der Waals surface area contributed by atoms with Crippen LogP contribution >= 0.6 is 15.9 Å². The third-order valence-electron chi connectivity index (χ3n) is 3.39. The molecule has 0 aliphatic carbocycles. The summed E-state index contributed by atoms with van der Waals surface area (Å²) >= 11 is 3.43. The molecule has 2 aromatic rings. The van der Waals surface area contributed by atoms with E-state index in [2.05, 4.69) is 33.3 Å². The van der Waals surface area contributed by atoms with Crippen molar-refractivity contribution in [3.8, 4) is 0 Å². The standard InChI is InChI=1S/C15H18BrN3O/c1-4-12(11-8-6-5-7-9-11)17-15(20)14-13(16)10(2)19(3)18-14/h5-9,12H,4H2,1-3H3,(H,17,20). The van der Waals surface area contributed by atoms with E-state index in [4.69, 9.17) is 0 Å². The van der Waals surface area contributed by atoms with Gasteiger partial charge in [-0.3, -0.25) is 9.48 Å². The first kappa shape index (κ1) is 14.8. The first-order chi connectivity index (χ1) is 9.54. The van der Waals surface area contributed by atoms with Crippen LogP contribution in [0.2, 0.25) is 0 Å². The molecule has 0 fully saturated rings. The average Bonchev–Trinajstić information content (AvgIpc) is 2.73. The van der Waals surface area contributed by atoms with Crippen LogP contribution in [0.15, 0.2) is 34.8 Å². The molecule has 0 radical (unpaired) electrons. The van der Waals surface area contributed by atoms with Crippen LogP contribution in [0.3, 0.4) is 0 Å². The van der Waals surface area contributed by atoms with Crippen LogP contribution in [0.5, 0.6) is 0 Å². The van der Waals surface area contributed by atoms with E-state index in [1.807, 2.05) is 44.3 Å². The molecule has 1 aromatic carbocycles. The quantitative estimate of drug-likeness (QED) is 0.931. The SMILES string of the molecule is CCC(NC(=O)c1nn(C)c(C)c1Br)c1ccccc1. The maximum atomic E-state index is 12.4. The van der Waals surface area contributed by atoms with Crippen LogP contribution < -0.4 is 5.32 Å². The number of nitrogens with one attached hydrogen (secondary N) is 1. The topological polar surface area (TPSA) is 46.9 Å². The molecule has 1 amide bonds. The summed E-state index contributed by atoms with van der Waals surface area (Å²) in [5, 5.41) is 7.28. The number of carbonyl (C=O) groups is 1. The molecule has 1 N–H and O–H groups in total. The highest BCUT2D eigenvalue weighted by atomic mass is 79.9. The van der Waals surface area contributed by atoms with Gasteiger partial charge in [0.25, 0.3) is 5.91 Å². The van der Waals surface area contributed by atoms with Crippen molar-refractivity contribution in [1.82, 2.24) is 15.1 Å². The molecule has 20 heavy (non-hydrogen) atoms. The Morgan fingerprint density at radius 1 is 1.40 bits per heavy atom. The molecule has 1 atom stereocenters. The molecule has 0 aliphatic rings. The van der Waals surface area contributed by atoms with Crippen LogP contribution in [0.4, 0.5) is 0 Å². The lowest BCUT2D eigenvalue weighted by molar-refractivity contribution is 0.0929. The van der Waals surface area contributed by atoms with Crippen LogP contribution in [0, 0.1) is 6.92 Å². The van der Waals surface area contributed by atoms with Crippen molar-refractivity contribution in [3.05, 3.63) is 51.8 Å². The minimum atomic E-state index is -0.156. The van der Waals surface area contributed by atoms with Gasteiger partial charge >= 0.3 is 0 Å². The summed E-state index contributed by atoms with van der Waals surface area (Å²) in [6, 6.07) is 9.96. The van der Waals surface area contributed by atoms with Crippen LogP contribution in [0.1, 0.15) is 41.1 Å². The van der Waals surface area contributed by atoms with E-state index in [1.54, 1.807) is 4.68 Å². The van der Waals surface area contributed by atoms with Crippen molar-refractivity contribution in [3.63, 3.8) is 0 Å². The maximum absolute atomic E-state index is 12.4. The Bertz CT molecular complexity index is 607. The van der Waals surface area contributed by atoms with E-state index in [9.17, 15) is 4.79 Å². The highest BCUT2D eigenvalue weighted by Gasteiger charge is 2.20. The van der Waals surface area contributed by atoms with E-state index < -0.39 is 0 Å². The van der Waals surface area contributed by atoms with Gasteiger partial charge in [-0.15, -0.1) is 0 Å². The normalized spacial score (nSPS) is 12.2. The Hall–Kier alpha value is -1.62. The highest BCUT2D eigenvalue weighted by molar-refractivity contribution is 9.10. The Labute approximate surface area is 127 Å². The predicted molar refractivity (Wildman–Crippen MR) is 82.6 cm³/mol. The van der Waals surface area contributed by atoms with Crippen molar-refractivity contribution in [2.24, 2.45) is 7.05 Å². The minimum Gasteiger partial charge on any atom is -0.344 e. The van der Waals surface area contributed by atoms with Gasteiger partial charge in [0.1, 0.15) is 0 Å². The van der Waals surface area contributed by atoms with Gasteiger partial charge in [0.2, 0.25) is 0 Å². The van der Waals surface area contributed by atoms with Gasteiger partial charge in [0, 0.05) is 7.05 Å². The second-order valence-corrected chi connectivity index (χ2v) is 5.51. The van der Waals surface area contributed by atoms with Crippen LogP contribution in [-0.2, 0) is 7.05 Å². The first-order valence-electron chi connectivity index (χ1n) is 6.59. The van der Waals surface area contributed by atoms with Crippen molar-refractivity contribution >= 4 is 21.8 Å². The zero-order chi connectivity index (χ0) is 14.7. The molecule has 1 heterocycles. The van der Waals surface area contributed by atoms with Crippen molar-refractivity contribution in [2.75, 3.05) is 0 Å². The number of amides is 1. The molecule has 106 valence electrons. The summed E-state index contributed by atoms with van der Waals surface area (Å²) in [6.07, 6.45) is 0.833. The third-order valence-corrected chi connectivity index (χ3v) is 4.34. The average molecular weight is 336 g/mol. The summed E-state index contributed by atoms with van der Waals surface area (Å²) in [5.41, 5.74) is 2.47. The van der Waals surface area contributed by atoms with Crippen molar-refractivity contribution in [2.45, 2.75) is 26.3 Å². The zero-order valence-electron chi connectivity index (χ0n) is 11.9. The second-order valence-electron chi connectivity index (χ2n) is 4.72. The molecule has 0 bridgehead atoms. The maximum Gasteiger partial charge on any atom is 0.273 e. The van der Waals surface area contributed by atoms with Gasteiger partial charge in [0.15, 0.2) is 5.69 Å². The number of aryl methyl sites for hydroxylation is 1. The third kappa shape index (κ3) is 2.93. The number of carbonyl (C=O) groups excluding carboxylic acids is 1. The van der Waals surface area contributed by atoms with Gasteiger partial charge < -0.3 is 5.32 Å². The molecule has 1 aromatic heterocycles. The smallest absolute Gasteiger partial charge is 0.273 e. The Morgan fingerprint density at radius 3 is 2.55 bits per heavy atom. The Balaban J connectivity index is 2.20. The summed E-state index contributed by atoms with van der Waals surface area (Å²) in [6.45, 7) is 3.97. The van der Waals surface area contributed by atoms with Crippen molar-refractivity contribution in [1.29, 1.82) is 0 Å². The molecule has 0 aliphatic heterocycles. The fourth-order valence-electron chi connectivity index (χ4n) is 2.06. The molecular weight excluding hydrogens is 318 g/mol. The number of benzene rings is 1. The molecule has 0 saturated heterocycles. The van der Waals surface area contributed by atoms with Crippen LogP contribution in [0.25, 0.3) is 0 Å². The van der Waals surface area contributed by atoms with Crippen LogP contribution in [-0.4, -0.2) is 15.7 Å². The Morgan fingerprint density at radius 2 is 2.05 bits per heavy atom. The summed E-state index contributed by atoms with van der Waals surface area (Å²) in [4.78, 5) is 12.4. The lowest BCUT2D eigenvalue weighted by Crippen LogP contribution is -2.28. The summed E-state index contributed by atoms with van der Waals surface area (Å²) in [5.74, 6) is -0.156. The second kappa shape index (κ2) is 6.22. The van der Waals surface area contributed by atoms with E-state index in [0.717, 1.165) is 22.2 Å². The zero-order valence-corrected chi connectivity index (χ0v) is 13.4. The largest absolute Gasteiger partial charge is 0.344 e. The number of nitrogens with zero attached hydrogens (tertiary/aromatic N) is 2. The number of hydrogen-bond donors (Lipinski definition) is 1. The van der Waals surface area contributed by atoms with E-state index >= 15 is 0 Å². The first-order valence-corrected chi connectivity index (χ1v) is 7.38. The fraction of sp³-hybridized carbons (Fsp3) is 0.333. The van der Waals surface area contributed by atoms with Gasteiger partial charge in [0.05, 0.1) is 16.2 Å². The summed E-state index contributed by atoms with van der Waals surface area (Å²) in [7, 11) is 1.82. The number of rotatable bonds is 4. The van der Waals surface area contributed by atoms with Crippen molar-refractivity contribution < 1.29 is 4.79 Å². The minimum absolute atomic E-state index is 0.00193. The number of aromatic nitrogens is 2. The molecular formula is C15H18BrN3O. The summed E-state index contributed by atoms with van der Waals surface area (Å²) < 4.78 is 2.45. The van der Waals surface area contributed by atoms with Gasteiger partial charge in [-0.05, 0) is 34.8 Å². The van der Waals surface area contributed by atoms with E-state index in [1.165, 1.54) is 0 Å². The lowest BCUT2D eigenvalue weighted by Gasteiger charge is -2.16. The van der Waals surface area contributed by atoms with Gasteiger partial charge in [-0.1, -0.05) is 37.3 Å². The highest BCUT2D eigenvalue weighted by Crippen LogP contribution is 2.22. The van der Waals surface area contributed by atoms with E-state index in [0.29, 0.717) is 5.69 Å². The molecule has 2 rings (SSSR count). The molecule has 5 heteroatoms. The fourth-order valence-corrected chi connectivity index (χ4v) is 2.58. The molecule has 0 spiro atoms. The van der Waals surface area contributed by atoms with Gasteiger partial charge in [-0.25, -0.2) is 0 Å². The predicted octanol–water partition coefficient (Wildman–Crippen LogP) is 3.37. The number of halogens is 1. The molecule has 4 nitrogen and oxygen atoms in total. The lowest BCUT2D eigenvalue weighted by atomic mass is 10.0.